The summed E-state index contributed by atoms with van der Waals surface area (Å²) in [5.41, 5.74) is -0.102. The summed E-state index contributed by atoms with van der Waals surface area (Å²) in [4.78, 5) is 11.7. The summed E-state index contributed by atoms with van der Waals surface area (Å²) in [5, 5.41) is 9.54. The molecule has 0 amide bonds. The fourth-order valence-corrected chi connectivity index (χ4v) is 1.86. The molecule has 0 aromatic heterocycles. The van der Waals surface area contributed by atoms with E-state index in [9.17, 15) is 27.5 Å². The van der Waals surface area contributed by atoms with Gasteiger partial charge in [-0.25, -0.2) is 9.18 Å². The van der Waals surface area contributed by atoms with Crippen LogP contribution in [0.4, 0.5) is 17.6 Å². The summed E-state index contributed by atoms with van der Waals surface area (Å²) in [6.07, 6.45) is -12.8. The Morgan fingerprint density at radius 3 is 2.50 bits per heavy atom. The molecule has 0 saturated carbocycles. The average molecular weight is 351 g/mol. The fourth-order valence-electron chi connectivity index (χ4n) is 1.86. The number of aliphatic hydroxyl groups excluding tert-OH is 1. The molecule has 3 unspecified atom stereocenters. The minimum absolute atomic E-state index is 0.0229. The molecular weight excluding hydrogens is 332 g/mol. The SMILES string of the molecule is CCOCCC(O)C(F)CC(OC(=O)c1cc[c]cc1)C(F)(F)F. The predicted molar refractivity (Wildman–Crippen MR) is 77.2 cm³/mol. The Hall–Kier alpha value is -1.67. The van der Waals surface area contributed by atoms with Crippen molar-refractivity contribution in [1.29, 1.82) is 0 Å². The van der Waals surface area contributed by atoms with Gasteiger partial charge in [0, 0.05) is 19.6 Å². The van der Waals surface area contributed by atoms with E-state index >= 15 is 0 Å². The van der Waals surface area contributed by atoms with Crippen molar-refractivity contribution in [3.8, 4) is 0 Å². The van der Waals surface area contributed by atoms with Gasteiger partial charge in [0.25, 0.3) is 0 Å². The van der Waals surface area contributed by atoms with Gasteiger partial charge in [0.2, 0.25) is 6.10 Å². The van der Waals surface area contributed by atoms with Gasteiger partial charge in [-0.15, -0.1) is 0 Å². The van der Waals surface area contributed by atoms with E-state index in [0.717, 1.165) is 0 Å². The molecule has 0 aliphatic rings. The van der Waals surface area contributed by atoms with Crippen LogP contribution in [0, 0.1) is 6.07 Å². The molecule has 3 atom stereocenters. The molecule has 0 aliphatic heterocycles. The molecule has 1 N–H and O–H groups in total. The van der Waals surface area contributed by atoms with Crippen molar-refractivity contribution in [3.05, 3.63) is 35.9 Å². The molecule has 0 bridgehead atoms. The Labute approximate surface area is 137 Å². The molecule has 1 aromatic rings. The molecular formula is C16H19F4O4. The van der Waals surface area contributed by atoms with Crippen molar-refractivity contribution in [2.24, 2.45) is 0 Å². The van der Waals surface area contributed by atoms with Crippen molar-refractivity contribution >= 4 is 5.97 Å². The molecule has 1 radical (unpaired) electrons. The quantitative estimate of drug-likeness (QED) is 0.422. The highest BCUT2D eigenvalue weighted by molar-refractivity contribution is 5.89. The number of alkyl halides is 4. The van der Waals surface area contributed by atoms with Crippen LogP contribution < -0.4 is 0 Å². The number of rotatable bonds is 9. The minimum atomic E-state index is -4.94. The summed E-state index contributed by atoms with van der Waals surface area (Å²) >= 11 is 0. The second kappa shape index (κ2) is 9.58. The van der Waals surface area contributed by atoms with Crippen LogP contribution in [0.25, 0.3) is 0 Å². The largest absolute Gasteiger partial charge is 0.449 e. The normalized spacial score (nSPS) is 15.6. The van der Waals surface area contributed by atoms with E-state index in [0.29, 0.717) is 6.61 Å². The molecule has 0 heterocycles. The molecule has 0 fully saturated rings. The lowest BCUT2D eigenvalue weighted by Crippen LogP contribution is -2.39. The lowest BCUT2D eigenvalue weighted by Gasteiger charge is -2.24. The Morgan fingerprint density at radius 1 is 1.33 bits per heavy atom. The highest BCUT2D eigenvalue weighted by Crippen LogP contribution is 2.29. The lowest BCUT2D eigenvalue weighted by molar-refractivity contribution is -0.211. The number of aliphatic hydroxyl groups is 1. The number of ether oxygens (including phenoxy) is 2. The maximum absolute atomic E-state index is 13.9. The average Bonchev–Trinajstić information content (AvgIpc) is 2.54. The van der Waals surface area contributed by atoms with Gasteiger partial charge in [0.05, 0.1) is 11.7 Å². The van der Waals surface area contributed by atoms with Crippen molar-refractivity contribution in [3.63, 3.8) is 0 Å². The minimum Gasteiger partial charge on any atom is -0.449 e. The van der Waals surface area contributed by atoms with E-state index in [1.165, 1.54) is 24.3 Å². The molecule has 0 aliphatic carbocycles. The van der Waals surface area contributed by atoms with Crippen LogP contribution in [0.2, 0.25) is 0 Å². The first-order valence-corrected chi connectivity index (χ1v) is 7.39. The molecule has 0 spiro atoms. The van der Waals surface area contributed by atoms with Crippen LogP contribution in [0.15, 0.2) is 24.3 Å². The number of benzene rings is 1. The maximum atomic E-state index is 13.9. The van der Waals surface area contributed by atoms with Gasteiger partial charge in [0.15, 0.2) is 0 Å². The van der Waals surface area contributed by atoms with Gasteiger partial charge in [-0.2, -0.15) is 13.2 Å². The van der Waals surface area contributed by atoms with Gasteiger partial charge in [-0.1, -0.05) is 12.1 Å². The van der Waals surface area contributed by atoms with Gasteiger partial charge in [0.1, 0.15) is 6.17 Å². The van der Waals surface area contributed by atoms with Crippen molar-refractivity contribution in [2.45, 2.75) is 44.3 Å². The van der Waals surface area contributed by atoms with Gasteiger partial charge in [-0.3, -0.25) is 0 Å². The number of carbonyl (C=O) groups excluding carboxylic acids is 1. The van der Waals surface area contributed by atoms with E-state index < -0.39 is 36.9 Å². The van der Waals surface area contributed by atoms with Crippen LogP contribution in [-0.2, 0) is 9.47 Å². The highest BCUT2D eigenvalue weighted by Gasteiger charge is 2.45. The topological polar surface area (TPSA) is 55.8 Å². The number of hydrogen-bond acceptors (Lipinski definition) is 4. The summed E-state index contributed by atoms with van der Waals surface area (Å²) in [5.74, 6) is -1.22. The first kappa shape index (κ1) is 20.4. The first-order chi connectivity index (χ1) is 11.3. The fraction of sp³-hybridized carbons (Fsp3) is 0.562. The maximum Gasteiger partial charge on any atom is 0.425 e. The first-order valence-electron chi connectivity index (χ1n) is 7.39. The summed E-state index contributed by atoms with van der Waals surface area (Å²) in [6.45, 7) is 2.07. The third-order valence-electron chi connectivity index (χ3n) is 3.19. The third-order valence-corrected chi connectivity index (χ3v) is 3.19. The zero-order chi connectivity index (χ0) is 18.2. The van der Waals surface area contributed by atoms with Crippen LogP contribution in [-0.4, -0.2) is 48.8 Å². The molecule has 8 heteroatoms. The Bertz CT molecular complexity index is 493. The van der Waals surface area contributed by atoms with Crippen molar-refractivity contribution in [1.82, 2.24) is 0 Å². The monoisotopic (exact) mass is 351 g/mol. The van der Waals surface area contributed by atoms with Crippen LogP contribution in [0.5, 0.6) is 0 Å². The summed E-state index contributed by atoms with van der Waals surface area (Å²) in [6, 6.07) is 7.76. The third kappa shape index (κ3) is 6.84. The Morgan fingerprint density at radius 2 is 1.96 bits per heavy atom. The molecule has 0 saturated heterocycles. The van der Waals surface area contributed by atoms with Crippen molar-refractivity contribution in [2.75, 3.05) is 13.2 Å². The Balaban J connectivity index is 2.67. The van der Waals surface area contributed by atoms with Gasteiger partial charge >= 0.3 is 12.1 Å². The lowest BCUT2D eigenvalue weighted by atomic mass is 10.1. The molecule has 1 aromatic carbocycles. The smallest absolute Gasteiger partial charge is 0.425 e. The highest BCUT2D eigenvalue weighted by atomic mass is 19.4. The number of halogens is 4. The second-order valence-corrected chi connectivity index (χ2v) is 5.03. The molecule has 135 valence electrons. The second-order valence-electron chi connectivity index (χ2n) is 5.03. The number of hydrogen-bond donors (Lipinski definition) is 1. The zero-order valence-corrected chi connectivity index (χ0v) is 13.1. The molecule has 24 heavy (non-hydrogen) atoms. The van der Waals surface area contributed by atoms with E-state index in [1.807, 2.05) is 0 Å². The molecule has 4 nitrogen and oxygen atoms in total. The van der Waals surface area contributed by atoms with Gasteiger partial charge < -0.3 is 14.6 Å². The predicted octanol–water partition coefficient (Wildman–Crippen LogP) is 3.09. The standard InChI is InChI=1S/C16H19F4O4/c1-2-23-9-8-13(21)12(17)10-14(16(18,19)20)24-15(22)11-6-4-3-5-7-11/h4-7,12-14,21H,2,8-10H2,1H3. The molecule has 1 rings (SSSR count). The number of carbonyl (C=O) groups is 1. The van der Waals surface area contributed by atoms with E-state index in [1.54, 1.807) is 6.92 Å². The van der Waals surface area contributed by atoms with E-state index in [4.69, 9.17) is 4.74 Å². The summed E-state index contributed by atoms with van der Waals surface area (Å²) < 4.78 is 62.1. The van der Waals surface area contributed by atoms with Crippen LogP contribution >= 0.6 is 0 Å². The van der Waals surface area contributed by atoms with Gasteiger partial charge in [-0.05, 0) is 31.5 Å². The van der Waals surface area contributed by atoms with E-state index in [2.05, 4.69) is 10.8 Å². The van der Waals surface area contributed by atoms with E-state index in [-0.39, 0.29) is 18.6 Å². The number of esters is 1. The van der Waals surface area contributed by atoms with Crippen molar-refractivity contribution < 1.29 is 36.9 Å². The van der Waals surface area contributed by atoms with Crippen LogP contribution in [0.3, 0.4) is 0 Å². The zero-order valence-electron chi connectivity index (χ0n) is 13.1. The summed E-state index contributed by atoms with van der Waals surface area (Å²) in [7, 11) is 0. The van der Waals surface area contributed by atoms with Crippen LogP contribution in [0.1, 0.15) is 30.1 Å². The Kier molecular flexibility index (Phi) is 8.14.